The van der Waals surface area contributed by atoms with Gasteiger partial charge in [0.05, 0.1) is 0 Å². The smallest absolute Gasteiger partial charge is 0.0215 e. The minimum absolute atomic E-state index is 0.0529. The molecule has 6 heteroatoms. The number of alkyl halides is 4. The number of benzene rings is 4. The van der Waals surface area contributed by atoms with Crippen molar-refractivity contribution >= 4 is 108 Å². The van der Waals surface area contributed by atoms with Crippen LogP contribution in [0.25, 0.3) is 34.4 Å². The first-order valence-electron chi connectivity index (χ1n) is 22.2. The largest absolute Gasteiger partial charge is 0.0928 e. The molecule has 0 saturated heterocycles. The van der Waals surface area contributed by atoms with Crippen LogP contribution in [0.2, 0.25) is 0 Å². The second kappa shape index (κ2) is 23.8. The van der Waals surface area contributed by atoms with Gasteiger partial charge >= 0.3 is 0 Å². The van der Waals surface area contributed by atoms with Crippen LogP contribution in [0.15, 0.2) is 81.7 Å². The van der Waals surface area contributed by atoms with Crippen molar-refractivity contribution in [3.63, 3.8) is 0 Å². The van der Waals surface area contributed by atoms with Crippen LogP contribution in [-0.4, -0.2) is 21.3 Å². The van der Waals surface area contributed by atoms with E-state index in [1.165, 1.54) is 171 Å². The number of hydrogen-bond acceptors (Lipinski definition) is 0. The zero-order valence-electron chi connectivity index (χ0n) is 34.3. The Morgan fingerprint density at radius 2 is 0.603 bits per heavy atom. The molecular formula is C52H62Br6. The molecule has 0 unspecified atom stereocenters. The quantitative estimate of drug-likeness (QED) is 0.0334. The SMILES string of the molecule is BrCCCCCCC1(CCCCCCBr)c2cc(Br)ccc2-c2ccc(/C=C/c3ccc4c(c3)C(CCCCCCBr)(CCCCCCBr)c3cc(Br)ccc3-4)cc21. The summed E-state index contributed by atoms with van der Waals surface area (Å²) < 4.78 is 2.39. The van der Waals surface area contributed by atoms with E-state index >= 15 is 0 Å². The Balaban J connectivity index is 1.35. The van der Waals surface area contributed by atoms with Crippen LogP contribution in [0.4, 0.5) is 0 Å². The Hall–Kier alpha value is -0.500. The van der Waals surface area contributed by atoms with Gasteiger partial charge in [0.15, 0.2) is 0 Å². The molecule has 0 atom stereocenters. The minimum Gasteiger partial charge on any atom is -0.0928 e. The molecule has 2 aliphatic rings. The molecule has 4 aromatic carbocycles. The first-order chi connectivity index (χ1) is 28.4. The molecule has 0 fully saturated rings. The Kier molecular flexibility index (Phi) is 19.3. The second-order valence-electron chi connectivity index (χ2n) is 16.9. The van der Waals surface area contributed by atoms with E-state index in [1.54, 1.807) is 22.3 Å². The topological polar surface area (TPSA) is 0 Å². The van der Waals surface area contributed by atoms with Gasteiger partial charge in [-0.25, -0.2) is 0 Å². The van der Waals surface area contributed by atoms with E-state index in [9.17, 15) is 0 Å². The predicted octanol–water partition coefficient (Wildman–Crippen LogP) is 19.3. The Morgan fingerprint density at radius 1 is 0.328 bits per heavy atom. The molecular weight excluding hydrogens is 1100 g/mol. The molecule has 0 spiro atoms. The van der Waals surface area contributed by atoms with Gasteiger partial charge in [-0.15, -0.1) is 0 Å². The lowest BCUT2D eigenvalue weighted by molar-refractivity contribution is 0.401. The van der Waals surface area contributed by atoms with Gasteiger partial charge in [0, 0.05) is 41.1 Å². The van der Waals surface area contributed by atoms with Crippen molar-refractivity contribution in [1.82, 2.24) is 0 Å². The van der Waals surface area contributed by atoms with E-state index in [-0.39, 0.29) is 10.8 Å². The number of rotatable bonds is 26. The van der Waals surface area contributed by atoms with E-state index in [0.717, 1.165) is 21.3 Å². The van der Waals surface area contributed by atoms with Gasteiger partial charge in [0.25, 0.3) is 0 Å². The average Bonchev–Trinajstić information content (AvgIpc) is 3.64. The van der Waals surface area contributed by atoms with Crippen LogP contribution in [0, 0.1) is 0 Å². The van der Waals surface area contributed by atoms with E-state index in [4.69, 9.17) is 0 Å². The first kappa shape index (κ1) is 47.0. The van der Waals surface area contributed by atoms with Crippen molar-refractivity contribution in [1.29, 1.82) is 0 Å². The standard InChI is InChI=1S/C52H62Br6/c53-31-13-5-1-9-27-51(28-10-2-6-14-32-54)47-35-39(19-23-43(47)45-25-21-41(57)37-49(45)51)17-18-40-20-24-44-46-26-22-42(58)38-50(46)52(48(44)36-40,29-11-3-7-15-33-55)30-12-4-8-16-34-56/h17-26,35-38H,1-16,27-34H2/b18-17+. The zero-order chi connectivity index (χ0) is 40.8. The highest BCUT2D eigenvalue weighted by Crippen LogP contribution is 2.57. The summed E-state index contributed by atoms with van der Waals surface area (Å²) in [6.07, 6.45) is 30.1. The van der Waals surface area contributed by atoms with Crippen molar-refractivity contribution in [2.24, 2.45) is 0 Å². The van der Waals surface area contributed by atoms with Crippen LogP contribution in [0.1, 0.15) is 162 Å². The molecule has 0 heterocycles. The fourth-order valence-corrected chi connectivity index (χ4v) is 12.5. The van der Waals surface area contributed by atoms with Gasteiger partial charge < -0.3 is 0 Å². The summed E-state index contributed by atoms with van der Waals surface area (Å²) in [5.74, 6) is 0. The highest BCUT2D eigenvalue weighted by atomic mass is 79.9. The van der Waals surface area contributed by atoms with Crippen molar-refractivity contribution in [2.45, 2.75) is 139 Å². The molecule has 0 nitrogen and oxygen atoms in total. The monoisotopic (exact) mass is 1160 g/mol. The Morgan fingerprint density at radius 3 is 0.914 bits per heavy atom. The van der Waals surface area contributed by atoms with Crippen LogP contribution in [0.5, 0.6) is 0 Å². The van der Waals surface area contributed by atoms with Gasteiger partial charge in [-0.1, -0.05) is 233 Å². The number of fused-ring (bicyclic) bond motifs is 6. The lowest BCUT2D eigenvalue weighted by atomic mass is 9.70. The summed E-state index contributed by atoms with van der Waals surface area (Å²) in [6.45, 7) is 0. The predicted molar refractivity (Wildman–Crippen MR) is 277 cm³/mol. The third kappa shape index (κ3) is 11.4. The molecule has 6 rings (SSSR count). The van der Waals surface area contributed by atoms with E-state index in [1.807, 2.05) is 0 Å². The normalized spacial score (nSPS) is 14.5. The third-order valence-corrected chi connectivity index (χ3v) is 16.3. The van der Waals surface area contributed by atoms with Crippen LogP contribution in [0.3, 0.4) is 0 Å². The molecule has 0 bridgehead atoms. The number of hydrogen-bond donors (Lipinski definition) is 0. The highest BCUT2D eigenvalue weighted by molar-refractivity contribution is 9.11. The highest BCUT2D eigenvalue weighted by Gasteiger charge is 2.44. The van der Waals surface area contributed by atoms with Crippen molar-refractivity contribution in [3.05, 3.63) is 115 Å². The average molecular weight is 1170 g/mol. The van der Waals surface area contributed by atoms with Crippen LogP contribution < -0.4 is 0 Å². The summed E-state index contributed by atoms with van der Waals surface area (Å²) in [5.41, 5.74) is 14.7. The number of halogens is 6. The maximum absolute atomic E-state index is 3.89. The van der Waals surface area contributed by atoms with Gasteiger partial charge in [-0.2, -0.15) is 0 Å². The van der Waals surface area contributed by atoms with Gasteiger partial charge in [-0.3, -0.25) is 0 Å². The van der Waals surface area contributed by atoms with E-state index in [0.29, 0.717) is 0 Å². The van der Waals surface area contributed by atoms with Crippen molar-refractivity contribution in [2.75, 3.05) is 21.3 Å². The lowest BCUT2D eigenvalue weighted by Crippen LogP contribution is -2.25. The third-order valence-electron chi connectivity index (χ3n) is 13.1. The molecule has 0 N–H and O–H groups in total. The van der Waals surface area contributed by atoms with Crippen LogP contribution in [-0.2, 0) is 10.8 Å². The van der Waals surface area contributed by atoms with Crippen molar-refractivity contribution in [3.8, 4) is 22.3 Å². The minimum atomic E-state index is 0.0529. The van der Waals surface area contributed by atoms with Gasteiger partial charge in [0.1, 0.15) is 0 Å². The van der Waals surface area contributed by atoms with E-state index in [2.05, 4.69) is 181 Å². The maximum atomic E-state index is 3.89. The van der Waals surface area contributed by atoms with Crippen LogP contribution >= 0.6 is 95.6 Å². The second-order valence-corrected chi connectivity index (χ2v) is 21.9. The summed E-state index contributed by atoms with van der Waals surface area (Å²) in [6, 6.07) is 28.9. The molecule has 2 aliphatic carbocycles. The number of unbranched alkanes of at least 4 members (excludes halogenated alkanes) is 12. The molecule has 312 valence electrons. The summed E-state index contributed by atoms with van der Waals surface area (Å²) in [7, 11) is 0. The van der Waals surface area contributed by atoms with Gasteiger partial charge in [0.2, 0.25) is 0 Å². The summed E-state index contributed by atoms with van der Waals surface area (Å²) >= 11 is 22.5. The fourth-order valence-electron chi connectivity index (χ4n) is 10.2. The molecule has 4 aromatic rings. The molecule has 0 radical (unpaired) electrons. The van der Waals surface area contributed by atoms with Crippen molar-refractivity contribution < 1.29 is 0 Å². The fraction of sp³-hybridized carbons (Fsp3) is 0.500. The summed E-state index contributed by atoms with van der Waals surface area (Å²) in [5, 5.41) is 4.41. The molecule has 0 aromatic heterocycles. The lowest BCUT2D eigenvalue weighted by Gasteiger charge is -2.33. The Labute approximate surface area is 401 Å². The molecule has 58 heavy (non-hydrogen) atoms. The van der Waals surface area contributed by atoms with E-state index < -0.39 is 0 Å². The molecule has 0 saturated carbocycles. The maximum Gasteiger partial charge on any atom is 0.0215 e. The zero-order valence-corrected chi connectivity index (χ0v) is 43.8. The summed E-state index contributed by atoms with van der Waals surface area (Å²) in [4.78, 5) is 0. The Bertz CT molecular complexity index is 1780. The molecule has 0 aliphatic heterocycles. The molecule has 0 amide bonds. The van der Waals surface area contributed by atoms with Gasteiger partial charge in [-0.05, 0) is 131 Å². The first-order valence-corrected chi connectivity index (χ1v) is 28.3.